The summed E-state index contributed by atoms with van der Waals surface area (Å²) in [5.74, 6) is -0.333. The Balaban J connectivity index is 2.65. The largest absolute Gasteiger partial charge is 0.304 e. The lowest BCUT2D eigenvalue weighted by Gasteiger charge is -2.00. The second kappa shape index (κ2) is 2.10. The van der Waals surface area contributed by atoms with Crippen molar-refractivity contribution in [2.45, 2.75) is 6.17 Å². The van der Waals surface area contributed by atoms with E-state index in [2.05, 4.69) is 10.2 Å². The summed E-state index contributed by atoms with van der Waals surface area (Å²) in [6.07, 6.45) is -0.619. The van der Waals surface area contributed by atoms with E-state index in [4.69, 9.17) is 5.73 Å². The molecular weight excluding hydrogens is 145 g/mol. The normalized spacial score (nSPS) is 20.4. The molecule has 2 rings (SSSR count). The van der Waals surface area contributed by atoms with Gasteiger partial charge in [-0.05, 0) is 12.1 Å². The zero-order chi connectivity index (χ0) is 7.84. The lowest BCUT2D eigenvalue weighted by molar-refractivity contribution is 0.594. The van der Waals surface area contributed by atoms with Crippen molar-refractivity contribution in [3.05, 3.63) is 29.6 Å². The van der Waals surface area contributed by atoms with E-state index in [1.165, 1.54) is 6.07 Å². The molecule has 0 saturated carbocycles. The first kappa shape index (κ1) is 6.42. The fraction of sp³-hybridized carbons (Fsp3) is 0.143. The maximum atomic E-state index is 12.9. The van der Waals surface area contributed by atoms with Gasteiger partial charge in [0.15, 0.2) is 0 Å². The van der Waals surface area contributed by atoms with Crippen molar-refractivity contribution >= 4 is 5.69 Å². The molecule has 56 valence electrons. The fourth-order valence-corrected chi connectivity index (χ4v) is 1.09. The van der Waals surface area contributed by atoms with Gasteiger partial charge in [-0.15, -0.1) is 0 Å². The van der Waals surface area contributed by atoms with Crippen molar-refractivity contribution in [1.29, 1.82) is 0 Å². The minimum absolute atomic E-state index is 0.333. The molecule has 0 spiro atoms. The minimum atomic E-state index is -0.619. The number of hydrogen-bond donors (Lipinski definition) is 1. The number of hydrogen-bond acceptors (Lipinski definition) is 3. The summed E-state index contributed by atoms with van der Waals surface area (Å²) in [5.41, 5.74) is 6.38. The molecule has 1 aliphatic rings. The maximum Gasteiger partial charge on any atom is 0.149 e. The molecule has 0 saturated heterocycles. The van der Waals surface area contributed by atoms with E-state index in [9.17, 15) is 4.39 Å². The third-order valence-electron chi connectivity index (χ3n) is 1.62. The van der Waals surface area contributed by atoms with Crippen molar-refractivity contribution in [2.24, 2.45) is 16.0 Å². The molecule has 1 atom stereocenters. The minimum Gasteiger partial charge on any atom is -0.304 e. The second-order valence-electron chi connectivity index (χ2n) is 2.33. The Morgan fingerprint density at radius 2 is 2.27 bits per heavy atom. The van der Waals surface area contributed by atoms with Gasteiger partial charge in [0, 0.05) is 0 Å². The van der Waals surface area contributed by atoms with Crippen LogP contribution in [-0.4, -0.2) is 0 Å². The molecule has 3 nitrogen and oxygen atoms in total. The van der Waals surface area contributed by atoms with Crippen molar-refractivity contribution in [3.8, 4) is 0 Å². The molecule has 11 heavy (non-hydrogen) atoms. The van der Waals surface area contributed by atoms with Crippen LogP contribution in [0.4, 0.5) is 10.1 Å². The molecule has 0 aromatic heterocycles. The van der Waals surface area contributed by atoms with Crippen LogP contribution in [0.5, 0.6) is 0 Å². The molecule has 0 unspecified atom stereocenters. The highest BCUT2D eigenvalue weighted by Crippen LogP contribution is 2.33. The summed E-state index contributed by atoms with van der Waals surface area (Å²) >= 11 is 0. The van der Waals surface area contributed by atoms with Gasteiger partial charge < -0.3 is 5.73 Å². The number of fused-ring (bicyclic) bond motifs is 1. The van der Waals surface area contributed by atoms with Gasteiger partial charge in [0.1, 0.15) is 12.0 Å². The summed E-state index contributed by atoms with van der Waals surface area (Å²) in [4.78, 5) is 0. The van der Waals surface area contributed by atoms with Crippen LogP contribution in [0.25, 0.3) is 0 Å². The van der Waals surface area contributed by atoms with Crippen LogP contribution in [0, 0.1) is 5.82 Å². The molecule has 0 bridgehead atoms. The van der Waals surface area contributed by atoms with Crippen LogP contribution in [0.1, 0.15) is 11.7 Å². The smallest absolute Gasteiger partial charge is 0.149 e. The third-order valence-corrected chi connectivity index (χ3v) is 1.62. The van der Waals surface area contributed by atoms with E-state index in [-0.39, 0.29) is 5.82 Å². The number of halogens is 1. The lowest BCUT2D eigenvalue weighted by Crippen LogP contribution is -2.05. The molecule has 1 heterocycles. The Labute approximate surface area is 62.7 Å². The quantitative estimate of drug-likeness (QED) is 0.604. The van der Waals surface area contributed by atoms with Gasteiger partial charge >= 0.3 is 0 Å². The summed E-state index contributed by atoms with van der Waals surface area (Å²) < 4.78 is 12.9. The molecule has 0 amide bonds. The van der Waals surface area contributed by atoms with E-state index in [1.807, 2.05) is 0 Å². The molecule has 1 aromatic carbocycles. The van der Waals surface area contributed by atoms with E-state index < -0.39 is 6.17 Å². The van der Waals surface area contributed by atoms with E-state index >= 15 is 0 Å². The predicted molar refractivity (Wildman–Crippen MR) is 37.8 cm³/mol. The van der Waals surface area contributed by atoms with Gasteiger partial charge in [0.25, 0.3) is 0 Å². The van der Waals surface area contributed by atoms with Gasteiger partial charge in [0.2, 0.25) is 0 Å². The first-order chi connectivity index (χ1) is 5.29. The maximum absolute atomic E-state index is 12.9. The highest BCUT2D eigenvalue weighted by Gasteiger charge is 2.19. The summed E-state index contributed by atoms with van der Waals surface area (Å²) in [6.45, 7) is 0. The van der Waals surface area contributed by atoms with Crippen molar-refractivity contribution in [1.82, 2.24) is 0 Å². The zero-order valence-corrected chi connectivity index (χ0v) is 5.66. The van der Waals surface area contributed by atoms with Gasteiger partial charge in [-0.1, -0.05) is 6.07 Å². The van der Waals surface area contributed by atoms with Crippen LogP contribution in [-0.2, 0) is 0 Å². The molecule has 2 N–H and O–H groups in total. The van der Waals surface area contributed by atoms with Crippen molar-refractivity contribution in [3.63, 3.8) is 0 Å². The standard InChI is InChI=1S/C7H6FN3/c8-4-2-1-3-5-6(4)7(9)11-10-5/h1-3,7H,9H2/t7-/m0/s1. The molecule has 0 fully saturated rings. The summed E-state index contributed by atoms with van der Waals surface area (Å²) in [7, 11) is 0. The van der Waals surface area contributed by atoms with Crippen LogP contribution >= 0.6 is 0 Å². The van der Waals surface area contributed by atoms with Gasteiger partial charge in [-0.2, -0.15) is 10.2 Å². The first-order valence-corrected chi connectivity index (χ1v) is 3.24. The SMILES string of the molecule is N[C@H]1N=Nc2cccc(F)c21. The average molecular weight is 151 g/mol. The summed E-state index contributed by atoms with van der Waals surface area (Å²) in [6, 6.07) is 4.63. The van der Waals surface area contributed by atoms with Gasteiger partial charge in [0.05, 0.1) is 11.3 Å². The number of nitrogens with zero attached hydrogens (tertiary/aromatic N) is 2. The first-order valence-electron chi connectivity index (χ1n) is 3.24. The number of azo groups is 1. The highest BCUT2D eigenvalue weighted by atomic mass is 19.1. The van der Waals surface area contributed by atoms with Crippen LogP contribution < -0.4 is 5.73 Å². The van der Waals surface area contributed by atoms with Gasteiger partial charge in [-0.3, -0.25) is 0 Å². The second-order valence-corrected chi connectivity index (χ2v) is 2.33. The van der Waals surface area contributed by atoms with E-state index in [1.54, 1.807) is 12.1 Å². The molecular formula is C7H6FN3. The number of nitrogens with two attached hydrogens (primary N) is 1. The van der Waals surface area contributed by atoms with Crippen LogP contribution in [0.2, 0.25) is 0 Å². The highest BCUT2D eigenvalue weighted by molar-refractivity contribution is 5.49. The Hall–Kier alpha value is -1.29. The zero-order valence-electron chi connectivity index (χ0n) is 5.66. The van der Waals surface area contributed by atoms with Crippen molar-refractivity contribution in [2.75, 3.05) is 0 Å². The van der Waals surface area contributed by atoms with Crippen LogP contribution in [0.3, 0.4) is 0 Å². The molecule has 4 heteroatoms. The Morgan fingerprint density at radius 3 is 3.00 bits per heavy atom. The topological polar surface area (TPSA) is 50.7 Å². The van der Waals surface area contributed by atoms with Crippen molar-refractivity contribution < 1.29 is 4.39 Å². The van der Waals surface area contributed by atoms with Gasteiger partial charge in [-0.25, -0.2) is 4.39 Å². The molecule has 0 radical (unpaired) electrons. The molecule has 1 aliphatic heterocycles. The van der Waals surface area contributed by atoms with E-state index in [0.29, 0.717) is 11.3 Å². The monoisotopic (exact) mass is 151 g/mol. The molecule has 1 aromatic rings. The predicted octanol–water partition coefficient (Wildman–Crippen LogP) is 1.88. The fourth-order valence-electron chi connectivity index (χ4n) is 1.09. The van der Waals surface area contributed by atoms with E-state index in [0.717, 1.165) is 0 Å². The summed E-state index contributed by atoms with van der Waals surface area (Å²) in [5, 5.41) is 7.33. The Morgan fingerprint density at radius 1 is 1.45 bits per heavy atom. The molecule has 0 aliphatic carbocycles. The third kappa shape index (κ3) is 0.832. The Kier molecular flexibility index (Phi) is 1.22. The lowest BCUT2D eigenvalue weighted by atomic mass is 10.1. The number of rotatable bonds is 0. The van der Waals surface area contributed by atoms with Crippen LogP contribution in [0.15, 0.2) is 28.4 Å². The average Bonchev–Trinajstić information content (AvgIpc) is 2.34. The number of benzene rings is 1. The Bertz CT molecular complexity index is 321.